The Kier molecular flexibility index (Phi) is 7.27. The van der Waals surface area contributed by atoms with Crippen LogP contribution in [0.5, 0.6) is 0 Å². The third kappa shape index (κ3) is 5.54. The molecule has 1 heteroatoms. The van der Waals surface area contributed by atoms with Crippen LogP contribution in [0.3, 0.4) is 0 Å². The first kappa shape index (κ1) is 14.5. The van der Waals surface area contributed by atoms with Crippen molar-refractivity contribution in [2.24, 2.45) is 5.92 Å². The molecule has 0 amide bonds. The lowest BCUT2D eigenvalue weighted by Gasteiger charge is -2.09. The number of unbranched alkanes of at least 4 members (excludes halogenated alkanes) is 2. The molecule has 0 N–H and O–H groups in total. The summed E-state index contributed by atoms with van der Waals surface area (Å²) in [5.74, 6) is 0.922. The minimum absolute atomic E-state index is 0.922. The van der Waals surface area contributed by atoms with Crippen LogP contribution in [0.2, 0.25) is 0 Å². The Balaban J connectivity index is 2.10. The normalized spacial score (nSPS) is 12.6. The van der Waals surface area contributed by atoms with Gasteiger partial charge < -0.3 is 0 Å². The smallest absolute Gasteiger partial charge is 0.0117 e. The molecule has 1 aromatic rings. The monoisotopic (exact) mass is 250 g/mol. The molecule has 17 heavy (non-hydrogen) atoms. The third-order valence-corrected chi connectivity index (χ3v) is 4.38. The minimum atomic E-state index is 0.922. The maximum Gasteiger partial charge on any atom is 0.0117 e. The molecule has 1 atom stereocenters. The predicted octanol–water partition coefficient (Wildman–Crippen LogP) is 5.93. The Morgan fingerprint density at radius 1 is 1.29 bits per heavy atom. The van der Waals surface area contributed by atoms with E-state index in [-0.39, 0.29) is 0 Å². The van der Waals surface area contributed by atoms with Crippen LogP contribution >= 0.6 is 11.3 Å². The van der Waals surface area contributed by atoms with Crippen LogP contribution < -0.4 is 0 Å². The molecule has 1 rings (SSSR count). The van der Waals surface area contributed by atoms with Crippen LogP contribution in [0.4, 0.5) is 0 Å². The van der Waals surface area contributed by atoms with Crippen LogP contribution in [-0.2, 0) is 6.42 Å². The highest BCUT2D eigenvalue weighted by Gasteiger charge is 2.02. The largest absolute Gasteiger partial charge is 0.148 e. The zero-order chi connectivity index (χ0) is 12.5. The fourth-order valence-corrected chi connectivity index (χ4v) is 3.26. The van der Waals surface area contributed by atoms with Crippen molar-refractivity contribution in [3.63, 3.8) is 0 Å². The Bertz CT molecular complexity index is 311. The van der Waals surface area contributed by atoms with E-state index in [1.807, 2.05) is 17.4 Å². The zero-order valence-corrected chi connectivity index (χ0v) is 12.2. The van der Waals surface area contributed by atoms with Crippen molar-refractivity contribution in [1.29, 1.82) is 0 Å². The molecular weight excluding hydrogens is 224 g/mol. The van der Waals surface area contributed by atoms with E-state index < -0.39 is 0 Å². The van der Waals surface area contributed by atoms with E-state index in [2.05, 4.69) is 31.9 Å². The van der Waals surface area contributed by atoms with Crippen LogP contribution in [0, 0.1) is 5.92 Å². The Hall–Kier alpha value is -0.560. The summed E-state index contributed by atoms with van der Waals surface area (Å²) in [5.41, 5.74) is 1.34. The maximum absolute atomic E-state index is 3.86. The number of aryl methyl sites for hydroxylation is 1. The van der Waals surface area contributed by atoms with E-state index >= 15 is 0 Å². The van der Waals surface area contributed by atoms with Gasteiger partial charge in [0.1, 0.15) is 0 Å². The maximum atomic E-state index is 3.86. The van der Waals surface area contributed by atoms with Gasteiger partial charge in [0.15, 0.2) is 0 Å². The van der Waals surface area contributed by atoms with E-state index in [4.69, 9.17) is 0 Å². The highest BCUT2D eigenvalue weighted by molar-refractivity contribution is 7.10. The van der Waals surface area contributed by atoms with E-state index in [1.165, 1.54) is 55.4 Å². The first-order valence-corrected chi connectivity index (χ1v) is 7.84. The lowest BCUT2D eigenvalue weighted by molar-refractivity contribution is 0.456. The number of hydrogen-bond donors (Lipinski definition) is 0. The van der Waals surface area contributed by atoms with Gasteiger partial charge in [-0.15, -0.1) is 11.3 Å². The molecule has 0 saturated carbocycles. The molecule has 1 heterocycles. The Morgan fingerprint density at radius 2 is 2.12 bits per heavy atom. The van der Waals surface area contributed by atoms with Gasteiger partial charge in [-0.3, -0.25) is 0 Å². The molecule has 1 aromatic heterocycles. The average Bonchev–Trinajstić information content (AvgIpc) is 2.76. The van der Waals surface area contributed by atoms with Crippen molar-refractivity contribution in [2.75, 3.05) is 0 Å². The molecule has 0 aliphatic rings. The molecule has 96 valence electrons. The van der Waals surface area contributed by atoms with Crippen LogP contribution in [0.1, 0.15) is 62.8 Å². The highest BCUT2D eigenvalue weighted by Crippen LogP contribution is 2.21. The molecule has 0 nitrogen and oxygen atoms in total. The Morgan fingerprint density at radius 3 is 2.82 bits per heavy atom. The van der Waals surface area contributed by atoms with Crippen molar-refractivity contribution in [3.05, 3.63) is 28.5 Å². The zero-order valence-electron chi connectivity index (χ0n) is 11.4. The molecule has 0 aromatic carbocycles. The standard InChI is InChI=1S/C16H26S/c1-4-9-14(3)10-7-6-8-11-16-15(5-2)12-13-17-16/h5,12-14H,2,4,6-11H2,1,3H3. The average molecular weight is 250 g/mol. The van der Waals surface area contributed by atoms with Gasteiger partial charge in [0.2, 0.25) is 0 Å². The molecule has 0 aliphatic carbocycles. The highest BCUT2D eigenvalue weighted by atomic mass is 32.1. The molecule has 1 unspecified atom stereocenters. The topological polar surface area (TPSA) is 0 Å². The summed E-state index contributed by atoms with van der Waals surface area (Å²) in [6.07, 6.45) is 11.5. The summed E-state index contributed by atoms with van der Waals surface area (Å²) >= 11 is 1.88. The van der Waals surface area contributed by atoms with Gasteiger partial charge in [-0.05, 0) is 35.8 Å². The summed E-state index contributed by atoms with van der Waals surface area (Å²) in [4.78, 5) is 1.52. The molecule has 0 spiro atoms. The quantitative estimate of drug-likeness (QED) is 0.476. The second-order valence-electron chi connectivity index (χ2n) is 5.00. The molecule has 0 aliphatic heterocycles. The molecular formula is C16H26S. The van der Waals surface area contributed by atoms with Gasteiger partial charge >= 0.3 is 0 Å². The van der Waals surface area contributed by atoms with Gasteiger partial charge in [0, 0.05) is 4.88 Å². The Labute approximate surface area is 111 Å². The van der Waals surface area contributed by atoms with Crippen molar-refractivity contribution in [2.45, 2.75) is 58.8 Å². The molecule has 0 radical (unpaired) electrons. The number of rotatable bonds is 9. The van der Waals surface area contributed by atoms with Gasteiger partial charge in [-0.25, -0.2) is 0 Å². The molecule has 0 bridgehead atoms. The third-order valence-electron chi connectivity index (χ3n) is 3.38. The second-order valence-corrected chi connectivity index (χ2v) is 6.00. The van der Waals surface area contributed by atoms with Gasteiger partial charge in [0.05, 0.1) is 0 Å². The van der Waals surface area contributed by atoms with Crippen LogP contribution in [0.15, 0.2) is 18.0 Å². The van der Waals surface area contributed by atoms with Gasteiger partial charge in [-0.2, -0.15) is 0 Å². The lowest BCUT2D eigenvalue weighted by atomic mass is 9.98. The van der Waals surface area contributed by atoms with Crippen LogP contribution in [0.25, 0.3) is 6.08 Å². The second kappa shape index (κ2) is 8.52. The summed E-state index contributed by atoms with van der Waals surface area (Å²) in [6.45, 7) is 8.53. The molecule has 0 fully saturated rings. The number of thiophene rings is 1. The van der Waals surface area contributed by atoms with Crippen molar-refractivity contribution in [3.8, 4) is 0 Å². The first-order valence-electron chi connectivity index (χ1n) is 6.96. The molecule has 0 saturated heterocycles. The van der Waals surface area contributed by atoms with E-state index in [0.717, 1.165) is 5.92 Å². The fourth-order valence-electron chi connectivity index (χ4n) is 2.33. The van der Waals surface area contributed by atoms with Crippen molar-refractivity contribution < 1.29 is 0 Å². The fraction of sp³-hybridized carbons (Fsp3) is 0.625. The van der Waals surface area contributed by atoms with Crippen molar-refractivity contribution in [1.82, 2.24) is 0 Å². The number of hydrogen-bond acceptors (Lipinski definition) is 1. The first-order chi connectivity index (χ1) is 8.27. The van der Waals surface area contributed by atoms with Gasteiger partial charge in [-0.1, -0.05) is 58.6 Å². The summed E-state index contributed by atoms with van der Waals surface area (Å²) in [5, 5.41) is 2.18. The van der Waals surface area contributed by atoms with E-state index in [0.29, 0.717) is 0 Å². The van der Waals surface area contributed by atoms with E-state index in [1.54, 1.807) is 0 Å². The summed E-state index contributed by atoms with van der Waals surface area (Å²) < 4.78 is 0. The van der Waals surface area contributed by atoms with E-state index in [9.17, 15) is 0 Å². The SMILES string of the molecule is C=Cc1ccsc1CCCCCC(C)CCC. The summed E-state index contributed by atoms with van der Waals surface area (Å²) in [7, 11) is 0. The predicted molar refractivity (Wildman–Crippen MR) is 80.7 cm³/mol. The lowest BCUT2D eigenvalue weighted by Crippen LogP contribution is -1.94. The van der Waals surface area contributed by atoms with Gasteiger partial charge in [0.25, 0.3) is 0 Å². The van der Waals surface area contributed by atoms with Crippen molar-refractivity contribution >= 4 is 17.4 Å². The van der Waals surface area contributed by atoms with Crippen LogP contribution in [-0.4, -0.2) is 0 Å². The summed E-state index contributed by atoms with van der Waals surface area (Å²) in [6, 6.07) is 2.18. The minimum Gasteiger partial charge on any atom is -0.148 e.